The summed E-state index contributed by atoms with van der Waals surface area (Å²) in [6.07, 6.45) is 0. The lowest BCUT2D eigenvalue weighted by molar-refractivity contribution is -0.114. The quantitative estimate of drug-likeness (QED) is 0.666. The summed E-state index contributed by atoms with van der Waals surface area (Å²) in [5.74, 6) is -1.42. The maximum Gasteiger partial charge on any atom is 0.337 e. The number of benzene rings is 2. The van der Waals surface area contributed by atoms with Gasteiger partial charge in [-0.05, 0) is 42.5 Å². The van der Waals surface area contributed by atoms with Crippen LogP contribution in [0.4, 0.5) is 11.4 Å². The van der Waals surface area contributed by atoms with Crippen molar-refractivity contribution in [2.24, 2.45) is 0 Å². The Balaban J connectivity index is 1.91. The van der Waals surface area contributed by atoms with E-state index in [1.54, 1.807) is 30.3 Å². The highest BCUT2D eigenvalue weighted by Crippen LogP contribution is 2.23. The Morgan fingerprint density at radius 3 is 2.28 bits per heavy atom. The van der Waals surface area contributed by atoms with Gasteiger partial charge in [0.15, 0.2) is 0 Å². The molecule has 0 aromatic heterocycles. The Hall–Kier alpha value is -2.51. The van der Waals surface area contributed by atoms with Gasteiger partial charge in [0.25, 0.3) is 0 Å². The molecular weight excluding hydrogens is 364 g/mol. The Kier molecular flexibility index (Phi) is 6.44. The highest BCUT2D eigenvalue weighted by molar-refractivity contribution is 8.00. The van der Waals surface area contributed by atoms with Gasteiger partial charge in [0.05, 0.1) is 16.3 Å². The van der Waals surface area contributed by atoms with Gasteiger partial charge in [-0.2, -0.15) is 0 Å². The van der Waals surface area contributed by atoms with Gasteiger partial charge in [-0.3, -0.25) is 9.59 Å². The first-order chi connectivity index (χ1) is 11.8. The van der Waals surface area contributed by atoms with Gasteiger partial charge in [0.1, 0.15) is 0 Å². The molecule has 3 N–H and O–H groups in total. The zero-order chi connectivity index (χ0) is 18.4. The van der Waals surface area contributed by atoms with E-state index in [9.17, 15) is 14.4 Å². The molecule has 0 saturated carbocycles. The molecule has 2 rings (SSSR count). The summed E-state index contributed by atoms with van der Waals surface area (Å²) in [6.45, 7) is 1.43. The van der Waals surface area contributed by atoms with Crippen LogP contribution in [0.1, 0.15) is 17.3 Å². The van der Waals surface area contributed by atoms with Crippen molar-refractivity contribution in [1.82, 2.24) is 0 Å². The van der Waals surface area contributed by atoms with E-state index in [2.05, 4.69) is 10.6 Å². The van der Waals surface area contributed by atoms with E-state index >= 15 is 0 Å². The second-order valence-electron chi connectivity index (χ2n) is 5.04. The van der Waals surface area contributed by atoms with Crippen LogP contribution in [0.3, 0.4) is 0 Å². The van der Waals surface area contributed by atoms with Crippen LogP contribution >= 0.6 is 23.4 Å². The lowest BCUT2D eigenvalue weighted by Crippen LogP contribution is -2.14. The number of thioether (sulfide) groups is 1. The topological polar surface area (TPSA) is 95.5 Å². The number of carboxylic acids is 1. The maximum absolute atomic E-state index is 12.0. The Bertz CT molecular complexity index is 809. The van der Waals surface area contributed by atoms with Crippen molar-refractivity contribution in [3.05, 3.63) is 53.1 Å². The third kappa shape index (κ3) is 5.81. The van der Waals surface area contributed by atoms with Crippen LogP contribution in [0.15, 0.2) is 47.4 Å². The smallest absolute Gasteiger partial charge is 0.337 e. The molecular formula is C17H15ClN2O4S. The van der Waals surface area contributed by atoms with E-state index in [1.165, 1.54) is 30.8 Å². The molecule has 0 saturated heterocycles. The molecule has 2 aromatic rings. The predicted octanol–water partition coefficient (Wildman–Crippen LogP) is 3.73. The fourth-order valence-corrected chi connectivity index (χ4v) is 2.85. The van der Waals surface area contributed by atoms with Gasteiger partial charge >= 0.3 is 5.97 Å². The second kappa shape index (κ2) is 8.55. The maximum atomic E-state index is 12.0. The summed E-state index contributed by atoms with van der Waals surface area (Å²) >= 11 is 7.11. The molecule has 6 nitrogen and oxygen atoms in total. The Labute approximate surface area is 153 Å². The van der Waals surface area contributed by atoms with Gasteiger partial charge in [0.2, 0.25) is 11.8 Å². The van der Waals surface area contributed by atoms with Gasteiger partial charge < -0.3 is 15.7 Å². The van der Waals surface area contributed by atoms with Crippen molar-refractivity contribution in [2.75, 3.05) is 16.4 Å². The van der Waals surface area contributed by atoms with E-state index in [1.807, 2.05) is 0 Å². The largest absolute Gasteiger partial charge is 0.478 e. The molecule has 0 aliphatic rings. The number of aromatic carboxylic acids is 1. The summed E-state index contributed by atoms with van der Waals surface area (Å²) in [4.78, 5) is 34.9. The standard InChI is InChI=1S/C17H15ClN2O4S/c1-10(21)19-11-2-5-13(6-3-11)25-9-16(22)20-12-4-7-15(18)14(8-12)17(23)24/h2-8H,9H2,1H3,(H,19,21)(H,20,22)(H,23,24). The minimum absolute atomic E-state index is 0.0688. The molecule has 8 heteroatoms. The molecule has 0 aliphatic carbocycles. The van der Waals surface area contributed by atoms with Crippen LogP contribution in [0.25, 0.3) is 0 Å². The Morgan fingerprint density at radius 2 is 1.68 bits per heavy atom. The van der Waals surface area contributed by atoms with Crippen LogP contribution in [0.5, 0.6) is 0 Å². The molecule has 2 amide bonds. The normalized spacial score (nSPS) is 10.2. The van der Waals surface area contributed by atoms with Gasteiger partial charge in [-0.25, -0.2) is 4.79 Å². The summed E-state index contributed by atoms with van der Waals surface area (Å²) in [5.41, 5.74) is 0.984. The van der Waals surface area contributed by atoms with Crippen LogP contribution in [0, 0.1) is 0 Å². The molecule has 2 aromatic carbocycles. The molecule has 0 bridgehead atoms. The molecule has 0 unspecified atom stereocenters. The van der Waals surface area contributed by atoms with Crippen LogP contribution in [-0.4, -0.2) is 28.6 Å². The fraction of sp³-hybridized carbons (Fsp3) is 0.118. The first-order valence-electron chi connectivity index (χ1n) is 7.18. The van der Waals surface area contributed by atoms with Gasteiger partial charge in [-0.15, -0.1) is 11.8 Å². The molecule has 0 spiro atoms. The van der Waals surface area contributed by atoms with Gasteiger partial charge in [0, 0.05) is 23.2 Å². The minimum atomic E-state index is -1.16. The molecule has 0 atom stereocenters. The van der Waals surface area contributed by atoms with Crippen molar-refractivity contribution >= 4 is 52.5 Å². The van der Waals surface area contributed by atoms with Crippen molar-refractivity contribution in [1.29, 1.82) is 0 Å². The molecule has 0 fully saturated rings. The van der Waals surface area contributed by atoms with Crippen molar-refractivity contribution in [3.63, 3.8) is 0 Å². The first kappa shape index (κ1) is 18.8. The average Bonchev–Trinajstić information content (AvgIpc) is 2.55. The third-order valence-electron chi connectivity index (χ3n) is 3.03. The highest BCUT2D eigenvalue weighted by atomic mass is 35.5. The predicted molar refractivity (Wildman–Crippen MR) is 98.5 cm³/mol. The lowest BCUT2D eigenvalue weighted by atomic mass is 10.2. The number of anilines is 2. The number of nitrogens with one attached hydrogen (secondary N) is 2. The molecule has 25 heavy (non-hydrogen) atoms. The minimum Gasteiger partial charge on any atom is -0.478 e. The zero-order valence-electron chi connectivity index (χ0n) is 13.2. The van der Waals surface area contributed by atoms with Crippen molar-refractivity contribution in [3.8, 4) is 0 Å². The summed E-state index contributed by atoms with van der Waals surface area (Å²) in [5, 5.41) is 14.4. The lowest BCUT2D eigenvalue weighted by Gasteiger charge is -2.08. The number of rotatable bonds is 6. The highest BCUT2D eigenvalue weighted by Gasteiger charge is 2.11. The van der Waals surface area contributed by atoms with E-state index in [4.69, 9.17) is 16.7 Å². The van der Waals surface area contributed by atoms with E-state index in [0.717, 1.165) is 4.90 Å². The zero-order valence-corrected chi connectivity index (χ0v) is 14.8. The average molecular weight is 379 g/mol. The van der Waals surface area contributed by atoms with Crippen LogP contribution in [-0.2, 0) is 9.59 Å². The number of halogens is 1. The van der Waals surface area contributed by atoms with Crippen LogP contribution in [0.2, 0.25) is 5.02 Å². The SMILES string of the molecule is CC(=O)Nc1ccc(SCC(=O)Nc2ccc(Cl)c(C(=O)O)c2)cc1. The van der Waals surface area contributed by atoms with Crippen molar-refractivity contribution in [2.45, 2.75) is 11.8 Å². The number of carbonyl (C=O) groups is 3. The van der Waals surface area contributed by atoms with Crippen molar-refractivity contribution < 1.29 is 19.5 Å². The second-order valence-corrected chi connectivity index (χ2v) is 6.50. The number of amides is 2. The molecule has 0 heterocycles. The van der Waals surface area contributed by atoms with Gasteiger partial charge in [-0.1, -0.05) is 11.6 Å². The molecule has 0 radical (unpaired) electrons. The van der Waals surface area contributed by atoms with Crippen LogP contribution < -0.4 is 10.6 Å². The summed E-state index contributed by atoms with van der Waals surface area (Å²) in [6, 6.07) is 11.4. The summed E-state index contributed by atoms with van der Waals surface area (Å²) in [7, 11) is 0. The fourth-order valence-electron chi connectivity index (χ4n) is 1.95. The van der Waals surface area contributed by atoms with E-state index in [-0.39, 0.29) is 28.2 Å². The summed E-state index contributed by atoms with van der Waals surface area (Å²) < 4.78 is 0. The number of carboxylic acid groups (broad SMARTS) is 1. The molecule has 130 valence electrons. The van der Waals surface area contributed by atoms with E-state index in [0.29, 0.717) is 11.4 Å². The number of hydrogen-bond acceptors (Lipinski definition) is 4. The Morgan fingerprint density at radius 1 is 1.04 bits per heavy atom. The monoisotopic (exact) mass is 378 g/mol. The number of carbonyl (C=O) groups excluding carboxylic acids is 2. The third-order valence-corrected chi connectivity index (χ3v) is 4.37. The molecule has 0 aliphatic heterocycles. The number of hydrogen-bond donors (Lipinski definition) is 3. The van der Waals surface area contributed by atoms with E-state index < -0.39 is 5.97 Å². The first-order valence-corrected chi connectivity index (χ1v) is 8.54.